The third kappa shape index (κ3) is 9.76. The van der Waals surface area contributed by atoms with Crippen molar-refractivity contribution in [2.45, 2.75) is 64.3 Å². The lowest BCUT2D eigenvalue weighted by Gasteiger charge is -2.25. The average Bonchev–Trinajstić information content (AvgIpc) is 2.71. The summed E-state index contributed by atoms with van der Waals surface area (Å²) in [5.41, 5.74) is 3.51. The van der Waals surface area contributed by atoms with Gasteiger partial charge in [-0.1, -0.05) is 62.6 Å². The van der Waals surface area contributed by atoms with E-state index in [1.54, 1.807) is 0 Å². The van der Waals surface area contributed by atoms with Crippen LogP contribution >= 0.6 is 19.9 Å². The topological polar surface area (TPSA) is 58.6 Å². The Balaban J connectivity index is 1.66. The summed E-state index contributed by atoms with van der Waals surface area (Å²) >= 11 is 6.47. The second-order valence-corrected chi connectivity index (χ2v) is 9.62. The first-order valence-electron chi connectivity index (χ1n) is 10.8. The average molecular weight is 469 g/mol. The van der Waals surface area contributed by atoms with Crippen molar-refractivity contribution in [3.05, 3.63) is 70.0 Å². The van der Waals surface area contributed by atoms with Crippen LogP contribution in [0.5, 0.6) is 0 Å². The molecule has 31 heavy (non-hydrogen) atoms. The van der Waals surface area contributed by atoms with Gasteiger partial charge in [-0.2, -0.15) is 0 Å². The zero-order valence-corrected chi connectivity index (χ0v) is 20.0. The fourth-order valence-electron chi connectivity index (χ4n) is 3.58. The predicted octanol–water partition coefficient (Wildman–Crippen LogP) is 6.71. The highest BCUT2D eigenvalue weighted by atomic mass is 35.5. The molecule has 0 aliphatic carbocycles. The van der Waals surface area contributed by atoms with Crippen LogP contribution in [0.1, 0.15) is 62.6 Å². The van der Waals surface area contributed by atoms with Gasteiger partial charge in [-0.05, 0) is 72.5 Å². The van der Waals surface area contributed by atoms with Gasteiger partial charge in [0.05, 0.1) is 0 Å². The molecule has 1 atom stereocenters. The van der Waals surface area contributed by atoms with Crippen molar-refractivity contribution < 1.29 is 18.4 Å². The van der Waals surface area contributed by atoms with Crippen molar-refractivity contribution >= 4 is 19.9 Å². The summed E-state index contributed by atoms with van der Waals surface area (Å²) in [4.78, 5) is 8.57. The quantitative estimate of drug-likeness (QED) is 0.239. The van der Waals surface area contributed by atoms with Crippen LogP contribution in [0.15, 0.2) is 42.5 Å². The molecule has 0 fully saturated rings. The first-order chi connectivity index (χ1) is 14.8. The molecule has 0 radical (unpaired) electrons. The molecular formula is C24H33ClFNO3P+. The van der Waals surface area contributed by atoms with Crippen LogP contribution in [-0.4, -0.2) is 18.0 Å². The van der Waals surface area contributed by atoms with Gasteiger partial charge >= 0.3 is 8.25 Å². The van der Waals surface area contributed by atoms with Crippen molar-refractivity contribution in [1.29, 1.82) is 0 Å². The van der Waals surface area contributed by atoms with E-state index in [4.69, 9.17) is 16.5 Å². The summed E-state index contributed by atoms with van der Waals surface area (Å²) in [6, 6.07) is 13.0. The third-order valence-corrected chi connectivity index (χ3v) is 6.28. The van der Waals surface area contributed by atoms with Gasteiger partial charge in [0.25, 0.3) is 0 Å². The third-order valence-electron chi connectivity index (χ3n) is 5.52. The molecule has 0 saturated heterocycles. The Morgan fingerprint density at radius 1 is 1.10 bits per heavy atom. The molecule has 0 bridgehead atoms. The predicted molar refractivity (Wildman–Crippen MR) is 125 cm³/mol. The number of nitrogens with one attached hydrogen (secondary N) is 1. The Kier molecular flexibility index (Phi) is 11.1. The van der Waals surface area contributed by atoms with E-state index in [2.05, 4.69) is 35.8 Å². The molecular weight excluding hydrogens is 436 g/mol. The Morgan fingerprint density at radius 3 is 2.52 bits per heavy atom. The Bertz CT molecular complexity index is 830. The first kappa shape index (κ1) is 25.9. The lowest BCUT2D eigenvalue weighted by atomic mass is 9.80. The maximum Gasteiger partial charge on any atom is 0.694 e. The smallest absolute Gasteiger partial charge is 0.313 e. The Labute approximate surface area is 191 Å². The van der Waals surface area contributed by atoms with Gasteiger partial charge in [0.2, 0.25) is 0 Å². The molecule has 2 rings (SSSR count). The molecule has 0 aromatic heterocycles. The van der Waals surface area contributed by atoms with E-state index in [9.17, 15) is 8.96 Å². The molecule has 0 saturated carbocycles. The van der Waals surface area contributed by atoms with Crippen LogP contribution in [-0.2, 0) is 27.5 Å². The van der Waals surface area contributed by atoms with E-state index < -0.39 is 8.25 Å². The van der Waals surface area contributed by atoms with Gasteiger partial charge in [-0.3, -0.25) is 0 Å². The largest absolute Gasteiger partial charge is 0.694 e. The number of aryl methyl sites for hydroxylation is 1. The second kappa shape index (κ2) is 13.2. The summed E-state index contributed by atoms with van der Waals surface area (Å²) in [5, 5.41) is 4.07. The summed E-state index contributed by atoms with van der Waals surface area (Å²) in [6.45, 7) is 6.09. The van der Waals surface area contributed by atoms with Gasteiger partial charge < -0.3 is 5.32 Å². The minimum atomic E-state index is -2.51. The molecule has 2 aromatic rings. The van der Waals surface area contributed by atoms with E-state index in [-0.39, 0.29) is 17.8 Å². The van der Waals surface area contributed by atoms with Crippen LogP contribution in [0.25, 0.3) is 0 Å². The fourth-order valence-corrected chi connectivity index (χ4v) is 4.16. The summed E-state index contributed by atoms with van der Waals surface area (Å²) in [7, 11) is -2.51. The van der Waals surface area contributed by atoms with Crippen molar-refractivity contribution in [3.63, 3.8) is 0 Å². The molecule has 0 aliphatic heterocycles. The van der Waals surface area contributed by atoms with E-state index in [1.807, 2.05) is 18.2 Å². The molecule has 170 valence electrons. The van der Waals surface area contributed by atoms with E-state index in [0.717, 1.165) is 42.7 Å². The van der Waals surface area contributed by atoms with Crippen LogP contribution in [0.4, 0.5) is 4.39 Å². The van der Waals surface area contributed by atoms with Crippen LogP contribution in [0.3, 0.4) is 0 Å². The van der Waals surface area contributed by atoms with Crippen LogP contribution in [0, 0.1) is 5.82 Å². The van der Waals surface area contributed by atoms with E-state index in [1.165, 1.54) is 23.3 Å². The number of halogens is 2. The zero-order chi connectivity index (χ0) is 22.7. The standard InChI is InChI=1S/C24H32ClFNO3P/c1-24(2,21-10-12-22(26)13-11-21)14-5-3-4-7-20-9-8-19(17-23(20)25)18-27-15-6-16-30-31(28)29/h8-13,17,27H,3-7,14-16,18H2,1-2H3/p+1. The minimum absolute atomic E-state index is 0.0435. The SMILES string of the molecule is CC(C)(CCCCCc1ccc(CNCCCO[P+](=O)O)cc1Cl)c1ccc(F)cc1. The monoisotopic (exact) mass is 468 g/mol. The van der Waals surface area contributed by atoms with Crippen molar-refractivity contribution in [2.24, 2.45) is 0 Å². The molecule has 0 spiro atoms. The fraction of sp³-hybridized carbons (Fsp3) is 0.500. The number of hydrogen-bond donors (Lipinski definition) is 2. The summed E-state index contributed by atoms with van der Waals surface area (Å²) in [6.07, 6.45) is 6.04. The molecule has 0 amide bonds. The summed E-state index contributed by atoms with van der Waals surface area (Å²) < 4.78 is 28.2. The zero-order valence-electron chi connectivity index (χ0n) is 18.4. The highest BCUT2D eigenvalue weighted by molar-refractivity contribution is 7.32. The highest BCUT2D eigenvalue weighted by Gasteiger charge is 2.19. The highest BCUT2D eigenvalue weighted by Crippen LogP contribution is 2.30. The molecule has 1 unspecified atom stereocenters. The van der Waals surface area contributed by atoms with E-state index in [0.29, 0.717) is 19.5 Å². The molecule has 7 heteroatoms. The first-order valence-corrected chi connectivity index (χ1v) is 12.3. The van der Waals surface area contributed by atoms with Crippen molar-refractivity contribution in [3.8, 4) is 0 Å². The van der Waals surface area contributed by atoms with Crippen LogP contribution < -0.4 is 5.32 Å². The summed E-state index contributed by atoms with van der Waals surface area (Å²) in [5.74, 6) is -0.190. The number of rotatable bonds is 14. The van der Waals surface area contributed by atoms with Gasteiger partial charge in [0.15, 0.2) is 0 Å². The van der Waals surface area contributed by atoms with E-state index >= 15 is 0 Å². The Hall–Kier alpha value is -1.36. The molecule has 4 nitrogen and oxygen atoms in total. The number of hydrogen-bond acceptors (Lipinski definition) is 3. The molecule has 0 aliphatic rings. The van der Waals surface area contributed by atoms with Crippen molar-refractivity contribution in [2.75, 3.05) is 13.2 Å². The maximum atomic E-state index is 13.1. The van der Waals surface area contributed by atoms with Gasteiger partial charge in [0.1, 0.15) is 12.4 Å². The molecule has 2 N–H and O–H groups in total. The number of unbranched alkanes of at least 4 members (excludes halogenated alkanes) is 2. The molecule has 2 aromatic carbocycles. The van der Waals surface area contributed by atoms with Gasteiger partial charge in [0, 0.05) is 16.1 Å². The normalized spacial score (nSPS) is 12.2. The maximum absolute atomic E-state index is 13.1. The lowest BCUT2D eigenvalue weighted by molar-refractivity contribution is 0.276. The van der Waals surface area contributed by atoms with Gasteiger partial charge in [-0.15, -0.1) is 9.42 Å². The molecule has 0 heterocycles. The van der Waals surface area contributed by atoms with Crippen molar-refractivity contribution in [1.82, 2.24) is 5.32 Å². The second-order valence-electron chi connectivity index (χ2n) is 8.48. The number of benzene rings is 2. The van der Waals surface area contributed by atoms with Gasteiger partial charge in [-0.25, -0.2) is 4.39 Å². The lowest BCUT2D eigenvalue weighted by Crippen LogP contribution is -2.16. The van der Waals surface area contributed by atoms with Crippen LogP contribution in [0.2, 0.25) is 5.02 Å². The Morgan fingerprint density at radius 2 is 1.84 bits per heavy atom. The minimum Gasteiger partial charge on any atom is -0.313 e.